The van der Waals surface area contributed by atoms with Crippen LogP contribution in [0.4, 0.5) is 0 Å². The highest BCUT2D eigenvalue weighted by atomic mass is 16.1. The van der Waals surface area contributed by atoms with Crippen LogP contribution < -0.4 is 11.1 Å². The Morgan fingerprint density at radius 1 is 1.46 bits per heavy atom. The molecule has 3 N–H and O–H groups in total. The number of carbonyl (C=O) groups is 1. The van der Waals surface area contributed by atoms with Crippen molar-refractivity contribution in [2.45, 2.75) is 46.1 Å². The first-order valence-electron chi connectivity index (χ1n) is 5.08. The van der Waals surface area contributed by atoms with E-state index in [-0.39, 0.29) is 11.9 Å². The summed E-state index contributed by atoms with van der Waals surface area (Å²) in [6.07, 6.45) is 2.48. The van der Waals surface area contributed by atoms with Gasteiger partial charge in [-0.15, -0.1) is 0 Å². The highest BCUT2D eigenvalue weighted by molar-refractivity contribution is 5.75. The average molecular weight is 186 g/mol. The van der Waals surface area contributed by atoms with Crippen LogP contribution in [0.2, 0.25) is 0 Å². The summed E-state index contributed by atoms with van der Waals surface area (Å²) in [6, 6.07) is 0.1000. The molecule has 0 aromatic carbocycles. The van der Waals surface area contributed by atoms with Crippen molar-refractivity contribution in [1.29, 1.82) is 0 Å². The Hall–Kier alpha value is -0.570. The van der Waals surface area contributed by atoms with Crippen molar-refractivity contribution in [3.8, 4) is 0 Å². The third kappa shape index (κ3) is 7.78. The number of carbonyl (C=O) groups excluding carboxylic acids is 1. The van der Waals surface area contributed by atoms with E-state index in [1.807, 2.05) is 6.92 Å². The fraction of sp³-hybridized carbons (Fsp3) is 0.900. The lowest BCUT2D eigenvalue weighted by Gasteiger charge is -2.10. The first kappa shape index (κ1) is 12.4. The van der Waals surface area contributed by atoms with Gasteiger partial charge in [0.15, 0.2) is 0 Å². The van der Waals surface area contributed by atoms with Gasteiger partial charge in [-0.2, -0.15) is 0 Å². The Balaban J connectivity index is 3.40. The van der Waals surface area contributed by atoms with Gasteiger partial charge in [-0.25, -0.2) is 0 Å². The van der Waals surface area contributed by atoms with Crippen molar-refractivity contribution in [2.75, 3.05) is 6.54 Å². The molecular formula is C10H22N2O. The van der Waals surface area contributed by atoms with Crippen molar-refractivity contribution in [3.63, 3.8) is 0 Å². The molecule has 0 rings (SSSR count). The molecule has 78 valence electrons. The van der Waals surface area contributed by atoms with E-state index in [4.69, 9.17) is 5.73 Å². The van der Waals surface area contributed by atoms with Gasteiger partial charge in [0.05, 0.1) is 0 Å². The minimum absolute atomic E-state index is 0.1000. The summed E-state index contributed by atoms with van der Waals surface area (Å²) in [7, 11) is 0. The van der Waals surface area contributed by atoms with Crippen LogP contribution in [-0.2, 0) is 4.79 Å². The van der Waals surface area contributed by atoms with Crippen LogP contribution in [0.1, 0.15) is 40.0 Å². The first-order chi connectivity index (χ1) is 6.06. The van der Waals surface area contributed by atoms with Gasteiger partial charge in [0.1, 0.15) is 0 Å². The maximum atomic E-state index is 11.2. The fourth-order valence-electron chi connectivity index (χ4n) is 0.897. The molecule has 3 nitrogen and oxygen atoms in total. The SMILES string of the molecule is CCC(N)CNC(=O)CCC(C)C. The number of rotatable bonds is 6. The van der Waals surface area contributed by atoms with Gasteiger partial charge in [-0.3, -0.25) is 4.79 Å². The molecule has 0 bridgehead atoms. The molecule has 1 unspecified atom stereocenters. The van der Waals surface area contributed by atoms with Crippen molar-refractivity contribution < 1.29 is 4.79 Å². The molecule has 0 heterocycles. The fourth-order valence-corrected chi connectivity index (χ4v) is 0.897. The van der Waals surface area contributed by atoms with Crippen LogP contribution >= 0.6 is 0 Å². The molecule has 0 aliphatic heterocycles. The zero-order valence-corrected chi connectivity index (χ0v) is 8.97. The zero-order chi connectivity index (χ0) is 10.3. The lowest BCUT2D eigenvalue weighted by molar-refractivity contribution is -0.121. The Kier molecular flexibility index (Phi) is 6.59. The predicted octanol–water partition coefficient (Wildman–Crippen LogP) is 1.28. The summed E-state index contributed by atoms with van der Waals surface area (Å²) >= 11 is 0. The summed E-state index contributed by atoms with van der Waals surface area (Å²) in [5.74, 6) is 0.711. The summed E-state index contributed by atoms with van der Waals surface area (Å²) < 4.78 is 0. The Labute approximate surface area is 81.1 Å². The highest BCUT2D eigenvalue weighted by Gasteiger charge is 2.04. The van der Waals surface area contributed by atoms with Gasteiger partial charge >= 0.3 is 0 Å². The Morgan fingerprint density at radius 3 is 2.54 bits per heavy atom. The second-order valence-electron chi connectivity index (χ2n) is 3.90. The number of hydrogen-bond acceptors (Lipinski definition) is 2. The molecule has 13 heavy (non-hydrogen) atoms. The molecular weight excluding hydrogens is 164 g/mol. The van der Waals surface area contributed by atoms with Crippen molar-refractivity contribution in [2.24, 2.45) is 11.7 Å². The van der Waals surface area contributed by atoms with Gasteiger partial charge < -0.3 is 11.1 Å². The number of nitrogens with two attached hydrogens (primary N) is 1. The maximum Gasteiger partial charge on any atom is 0.220 e. The number of nitrogens with one attached hydrogen (secondary N) is 1. The average Bonchev–Trinajstić information content (AvgIpc) is 2.10. The van der Waals surface area contributed by atoms with Crippen LogP contribution in [0.15, 0.2) is 0 Å². The monoisotopic (exact) mass is 186 g/mol. The van der Waals surface area contributed by atoms with E-state index in [1.165, 1.54) is 0 Å². The van der Waals surface area contributed by atoms with E-state index in [0.717, 1.165) is 12.8 Å². The van der Waals surface area contributed by atoms with Crippen molar-refractivity contribution in [1.82, 2.24) is 5.32 Å². The largest absolute Gasteiger partial charge is 0.355 e. The first-order valence-corrected chi connectivity index (χ1v) is 5.08. The minimum Gasteiger partial charge on any atom is -0.355 e. The molecule has 0 saturated heterocycles. The van der Waals surface area contributed by atoms with Gasteiger partial charge in [0, 0.05) is 19.0 Å². The van der Waals surface area contributed by atoms with E-state index in [1.54, 1.807) is 0 Å². The summed E-state index contributed by atoms with van der Waals surface area (Å²) in [4.78, 5) is 11.2. The number of hydrogen-bond donors (Lipinski definition) is 2. The second-order valence-corrected chi connectivity index (χ2v) is 3.90. The highest BCUT2D eigenvalue weighted by Crippen LogP contribution is 2.02. The van der Waals surface area contributed by atoms with Gasteiger partial charge in [-0.05, 0) is 18.8 Å². The summed E-state index contributed by atoms with van der Waals surface area (Å²) in [5, 5.41) is 2.82. The van der Waals surface area contributed by atoms with Crippen LogP contribution in [-0.4, -0.2) is 18.5 Å². The van der Waals surface area contributed by atoms with E-state index in [0.29, 0.717) is 18.9 Å². The van der Waals surface area contributed by atoms with Gasteiger partial charge in [-0.1, -0.05) is 20.8 Å². The van der Waals surface area contributed by atoms with Gasteiger partial charge in [0.2, 0.25) is 5.91 Å². The molecule has 0 aliphatic rings. The smallest absolute Gasteiger partial charge is 0.220 e. The molecule has 0 aromatic heterocycles. The molecule has 1 amide bonds. The quantitative estimate of drug-likeness (QED) is 0.656. The molecule has 0 spiro atoms. The standard InChI is InChI=1S/C10H22N2O/c1-4-9(11)7-12-10(13)6-5-8(2)3/h8-9H,4-7,11H2,1-3H3,(H,12,13). The predicted molar refractivity (Wildman–Crippen MR) is 55.3 cm³/mol. The van der Waals surface area contributed by atoms with Crippen molar-refractivity contribution >= 4 is 5.91 Å². The third-order valence-corrected chi connectivity index (χ3v) is 2.03. The molecule has 3 heteroatoms. The number of amides is 1. The van der Waals surface area contributed by atoms with Crippen LogP contribution in [0.25, 0.3) is 0 Å². The Morgan fingerprint density at radius 2 is 2.08 bits per heavy atom. The lowest BCUT2D eigenvalue weighted by Crippen LogP contribution is -2.36. The van der Waals surface area contributed by atoms with Crippen molar-refractivity contribution in [3.05, 3.63) is 0 Å². The molecule has 0 fully saturated rings. The maximum absolute atomic E-state index is 11.2. The lowest BCUT2D eigenvalue weighted by atomic mass is 10.1. The van der Waals surface area contributed by atoms with Gasteiger partial charge in [0.25, 0.3) is 0 Å². The second kappa shape index (κ2) is 6.89. The van der Waals surface area contributed by atoms with E-state index < -0.39 is 0 Å². The van der Waals surface area contributed by atoms with E-state index in [9.17, 15) is 4.79 Å². The van der Waals surface area contributed by atoms with Crippen LogP contribution in [0, 0.1) is 5.92 Å². The van der Waals surface area contributed by atoms with Crippen LogP contribution in [0.3, 0.4) is 0 Å². The molecule has 0 saturated carbocycles. The summed E-state index contributed by atoms with van der Waals surface area (Å²) in [5.41, 5.74) is 5.66. The third-order valence-electron chi connectivity index (χ3n) is 2.03. The zero-order valence-electron chi connectivity index (χ0n) is 8.97. The molecule has 1 atom stereocenters. The molecule has 0 aliphatic carbocycles. The van der Waals surface area contributed by atoms with E-state index in [2.05, 4.69) is 19.2 Å². The molecule has 0 aromatic rings. The molecule has 0 radical (unpaired) electrons. The normalized spacial score (nSPS) is 13.0. The van der Waals surface area contributed by atoms with Crippen LogP contribution in [0.5, 0.6) is 0 Å². The summed E-state index contributed by atoms with van der Waals surface area (Å²) in [6.45, 7) is 6.86. The minimum atomic E-state index is 0.1000. The van der Waals surface area contributed by atoms with E-state index >= 15 is 0 Å². The Bertz CT molecular complexity index is 146. The topological polar surface area (TPSA) is 55.1 Å².